The largest absolute Gasteiger partial charge is 0.481 e. The number of aliphatic carboxylic acids is 1. The van der Waals surface area contributed by atoms with Gasteiger partial charge in [0.05, 0.1) is 0 Å². The molecule has 0 aromatic carbocycles. The Morgan fingerprint density at radius 2 is 1.33 bits per heavy atom. The number of aliphatic hydroxyl groups is 1. The summed E-state index contributed by atoms with van der Waals surface area (Å²) in [6.45, 7) is 3.61. The van der Waals surface area contributed by atoms with Crippen LogP contribution >= 0.6 is 0 Å². The maximum atomic E-state index is 9.00. The zero-order valence-electron chi connectivity index (χ0n) is 13.6. The molecular formula is C18H32O3. The number of rotatable bonds is 11. The molecule has 0 amide bonds. The minimum absolute atomic E-state index is 0.289. The van der Waals surface area contributed by atoms with Crippen LogP contribution < -0.4 is 0 Å². The summed E-state index contributed by atoms with van der Waals surface area (Å²) in [5.74, 6) is -0.833. The van der Waals surface area contributed by atoms with E-state index in [0.29, 0.717) is 0 Å². The quantitative estimate of drug-likeness (QED) is 0.324. The first-order valence-electron chi connectivity index (χ1n) is 7.92. The maximum absolute atomic E-state index is 9.00. The lowest BCUT2D eigenvalue weighted by molar-refractivity contribution is -0.134. The van der Waals surface area contributed by atoms with E-state index in [1.807, 2.05) is 0 Å². The molecule has 0 rings (SSSR count). The summed E-state index contributed by atoms with van der Waals surface area (Å²) in [5.41, 5.74) is 0. The monoisotopic (exact) mass is 296 g/mol. The molecule has 0 aliphatic rings. The van der Waals surface area contributed by atoms with Gasteiger partial charge in [-0.2, -0.15) is 0 Å². The lowest BCUT2D eigenvalue weighted by atomic mass is 10.2. The molecule has 0 atom stereocenters. The van der Waals surface area contributed by atoms with E-state index in [-0.39, 0.29) is 6.61 Å². The number of carboxylic acids is 1. The van der Waals surface area contributed by atoms with Crippen LogP contribution in [0.4, 0.5) is 0 Å². The van der Waals surface area contributed by atoms with Crippen molar-refractivity contribution in [3.05, 3.63) is 36.5 Å². The molecule has 0 saturated carbocycles. The Balaban J connectivity index is 0. The molecule has 0 aliphatic carbocycles. The molecule has 0 aliphatic heterocycles. The Bertz CT molecular complexity index is 287. The van der Waals surface area contributed by atoms with E-state index >= 15 is 0 Å². The number of carbonyl (C=O) groups is 1. The Labute approximate surface area is 130 Å². The van der Waals surface area contributed by atoms with Crippen molar-refractivity contribution in [1.82, 2.24) is 0 Å². The van der Waals surface area contributed by atoms with Crippen LogP contribution in [0, 0.1) is 0 Å². The van der Waals surface area contributed by atoms with Gasteiger partial charge in [0.1, 0.15) is 0 Å². The predicted octanol–water partition coefficient (Wildman–Crippen LogP) is 4.88. The van der Waals surface area contributed by atoms with Gasteiger partial charge in [0.2, 0.25) is 0 Å². The van der Waals surface area contributed by atoms with Crippen molar-refractivity contribution in [1.29, 1.82) is 0 Å². The molecular weight excluding hydrogens is 264 g/mol. The lowest BCUT2D eigenvalue weighted by Gasteiger charge is -1.91. The van der Waals surface area contributed by atoms with Crippen LogP contribution in [-0.2, 0) is 4.79 Å². The fraction of sp³-hybridized carbons (Fsp3) is 0.611. The second-order valence-electron chi connectivity index (χ2n) is 4.79. The summed E-state index contributed by atoms with van der Waals surface area (Å²) in [6.07, 6.45) is 22.4. The molecule has 21 heavy (non-hydrogen) atoms. The van der Waals surface area contributed by atoms with Crippen LogP contribution in [0.5, 0.6) is 0 Å². The number of aliphatic hydroxyl groups excluding tert-OH is 1. The fourth-order valence-electron chi connectivity index (χ4n) is 1.50. The first-order chi connectivity index (χ1) is 10.1. The van der Waals surface area contributed by atoms with Gasteiger partial charge in [0.15, 0.2) is 0 Å². The molecule has 0 aromatic heterocycles. The van der Waals surface area contributed by atoms with E-state index in [4.69, 9.17) is 15.0 Å². The van der Waals surface area contributed by atoms with Crippen molar-refractivity contribution in [3.63, 3.8) is 0 Å². The number of carboxylic acid groups (broad SMARTS) is 1. The second kappa shape index (κ2) is 21.0. The molecule has 0 bridgehead atoms. The molecule has 122 valence electrons. The summed E-state index contributed by atoms with van der Waals surface area (Å²) in [7, 11) is 0. The van der Waals surface area contributed by atoms with Gasteiger partial charge in [0.25, 0.3) is 5.97 Å². The highest BCUT2D eigenvalue weighted by molar-refractivity contribution is 5.62. The molecule has 0 heterocycles. The van der Waals surface area contributed by atoms with Crippen molar-refractivity contribution in [3.8, 4) is 0 Å². The van der Waals surface area contributed by atoms with Crippen LogP contribution in [0.25, 0.3) is 0 Å². The predicted molar refractivity (Wildman–Crippen MR) is 90.4 cm³/mol. The number of hydrogen-bond donors (Lipinski definition) is 2. The molecule has 3 nitrogen and oxygen atoms in total. The molecule has 0 aromatic rings. The highest BCUT2D eigenvalue weighted by atomic mass is 16.4. The average molecular weight is 296 g/mol. The Kier molecular flexibility index (Phi) is 21.9. The Morgan fingerprint density at radius 3 is 1.90 bits per heavy atom. The smallest absolute Gasteiger partial charge is 0.300 e. The third-order valence-corrected chi connectivity index (χ3v) is 2.55. The van der Waals surface area contributed by atoms with Crippen LogP contribution in [0.15, 0.2) is 36.5 Å². The SMILES string of the molecule is CC(=O)O.CCCCCC=CCCC=CC=CCCCO. The van der Waals surface area contributed by atoms with Crippen molar-refractivity contribution in [2.45, 2.75) is 65.2 Å². The topological polar surface area (TPSA) is 57.5 Å². The standard InChI is InChI=1S/C16H28O.C2H4O2/c1-2-3-4-5-6-7-8-9-10-11-12-13-14-15-16-17;1-2(3)4/h6-7,10-13,17H,2-5,8-9,14-16H2,1H3;1H3,(H,3,4). The van der Waals surface area contributed by atoms with Crippen LogP contribution in [-0.4, -0.2) is 22.8 Å². The van der Waals surface area contributed by atoms with E-state index in [1.165, 1.54) is 25.7 Å². The van der Waals surface area contributed by atoms with Gasteiger partial charge in [-0.3, -0.25) is 4.79 Å². The summed E-state index contributed by atoms with van der Waals surface area (Å²) in [6, 6.07) is 0. The average Bonchev–Trinajstić information content (AvgIpc) is 2.43. The highest BCUT2D eigenvalue weighted by Crippen LogP contribution is 2.01. The van der Waals surface area contributed by atoms with E-state index in [9.17, 15) is 0 Å². The maximum Gasteiger partial charge on any atom is 0.300 e. The zero-order chi connectivity index (χ0) is 16.2. The molecule has 0 fully saturated rings. The van der Waals surface area contributed by atoms with E-state index in [0.717, 1.165) is 32.6 Å². The molecule has 0 unspecified atom stereocenters. The summed E-state index contributed by atoms with van der Waals surface area (Å²) in [5, 5.41) is 16.0. The molecule has 0 radical (unpaired) electrons. The zero-order valence-corrected chi connectivity index (χ0v) is 13.6. The van der Waals surface area contributed by atoms with E-state index in [1.54, 1.807) is 0 Å². The number of allylic oxidation sites excluding steroid dienone is 6. The van der Waals surface area contributed by atoms with Crippen molar-refractivity contribution in [2.75, 3.05) is 6.61 Å². The molecule has 0 spiro atoms. The van der Waals surface area contributed by atoms with Crippen LogP contribution in [0.1, 0.15) is 65.2 Å². The fourth-order valence-corrected chi connectivity index (χ4v) is 1.50. The van der Waals surface area contributed by atoms with Crippen molar-refractivity contribution >= 4 is 5.97 Å². The normalized spacial score (nSPS) is 11.2. The highest BCUT2D eigenvalue weighted by Gasteiger charge is 1.81. The Morgan fingerprint density at radius 1 is 0.857 bits per heavy atom. The molecule has 3 heteroatoms. The third-order valence-electron chi connectivity index (χ3n) is 2.55. The second-order valence-corrected chi connectivity index (χ2v) is 4.79. The van der Waals surface area contributed by atoms with Crippen molar-refractivity contribution < 1.29 is 15.0 Å². The molecule has 2 N–H and O–H groups in total. The lowest BCUT2D eigenvalue weighted by Crippen LogP contribution is -1.78. The van der Waals surface area contributed by atoms with E-state index in [2.05, 4.69) is 43.4 Å². The van der Waals surface area contributed by atoms with Crippen LogP contribution in [0.3, 0.4) is 0 Å². The van der Waals surface area contributed by atoms with Gasteiger partial charge in [-0.25, -0.2) is 0 Å². The van der Waals surface area contributed by atoms with Gasteiger partial charge >= 0.3 is 0 Å². The molecule has 0 saturated heterocycles. The van der Waals surface area contributed by atoms with E-state index < -0.39 is 5.97 Å². The summed E-state index contributed by atoms with van der Waals surface area (Å²) >= 11 is 0. The van der Waals surface area contributed by atoms with Gasteiger partial charge in [-0.1, -0.05) is 56.2 Å². The first-order valence-corrected chi connectivity index (χ1v) is 7.92. The minimum atomic E-state index is -0.833. The number of hydrogen-bond acceptors (Lipinski definition) is 2. The van der Waals surface area contributed by atoms with Gasteiger partial charge in [0, 0.05) is 13.5 Å². The van der Waals surface area contributed by atoms with Gasteiger partial charge < -0.3 is 10.2 Å². The number of unbranched alkanes of at least 4 members (excludes halogenated alkanes) is 5. The van der Waals surface area contributed by atoms with Gasteiger partial charge in [-0.05, 0) is 38.5 Å². The summed E-state index contributed by atoms with van der Waals surface area (Å²) in [4.78, 5) is 9.00. The van der Waals surface area contributed by atoms with Crippen molar-refractivity contribution in [2.24, 2.45) is 0 Å². The Hall–Kier alpha value is -1.35. The summed E-state index contributed by atoms with van der Waals surface area (Å²) < 4.78 is 0. The van der Waals surface area contributed by atoms with Crippen LogP contribution in [0.2, 0.25) is 0 Å². The minimum Gasteiger partial charge on any atom is -0.481 e. The third kappa shape index (κ3) is 32.3. The first kappa shape index (κ1) is 21.9. The van der Waals surface area contributed by atoms with Gasteiger partial charge in [-0.15, -0.1) is 0 Å².